The summed E-state index contributed by atoms with van der Waals surface area (Å²) in [5, 5.41) is 4.53. The molecule has 1 N–H and O–H groups in total. The lowest BCUT2D eigenvalue weighted by Gasteiger charge is -2.25. The van der Waals surface area contributed by atoms with Gasteiger partial charge in [-0.2, -0.15) is 0 Å². The Morgan fingerprint density at radius 1 is 0.970 bits per heavy atom. The minimum atomic E-state index is 0.0283. The molecule has 33 heavy (non-hydrogen) atoms. The molecular formula is C28H27N3O2. The monoisotopic (exact) mass is 437 g/mol. The molecule has 0 spiro atoms. The smallest absolute Gasteiger partial charge is 0.256 e. The molecule has 1 fully saturated rings. The predicted molar refractivity (Wildman–Crippen MR) is 132 cm³/mol. The molecule has 1 atom stereocenters. The van der Waals surface area contributed by atoms with Crippen molar-refractivity contribution in [2.45, 2.75) is 6.42 Å². The van der Waals surface area contributed by atoms with E-state index in [4.69, 9.17) is 4.74 Å². The van der Waals surface area contributed by atoms with Crippen molar-refractivity contribution in [3.05, 3.63) is 102 Å². The van der Waals surface area contributed by atoms with Gasteiger partial charge >= 0.3 is 0 Å². The molecule has 1 saturated heterocycles. The molecule has 1 aliphatic rings. The number of nitrogens with zero attached hydrogens (tertiary/aromatic N) is 2. The fraction of sp³-hybridized carbons (Fsp3) is 0.214. The van der Waals surface area contributed by atoms with Crippen LogP contribution >= 0.6 is 0 Å². The summed E-state index contributed by atoms with van der Waals surface area (Å²) >= 11 is 0. The van der Waals surface area contributed by atoms with Crippen molar-refractivity contribution in [1.29, 1.82) is 0 Å². The summed E-state index contributed by atoms with van der Waals surface area (Å²) in [5.41, 5.74) is 4.67. The number of ether oxygens (including phenoxy) is 1. The summed E-state index contributed by atoms with van der Waals surface area (Å²) in [6.07, 6.45) is 2.66. The van der Waals surface area contributed by atoms with Gasteiger partial charge in [-0.25, -0.2) is 0 Å². The molecule has 0 radical (unpaired) electrons. The van der Waals surface area contributed by atoms with Gasteiger partial charge in [-0.1, -0.05) is 54.6 Å². The third kappa shape index (κ3) is 4.89. The zero-order valence-corrected chi connectivity index (χ0v) is 18.5. The zero-order valence-electron chi connectivity index (χ0n) is 18.5. The zero-order chi connectivity index (χ0) is 22.5. The summed E-state index contributed by atoms with van der Waals surface area (Å²) in [5.74, 6) is 0.235. The molecule has 5 rings (SSSR count). The predicted octanol–water partition coefficient (Wildman–Crippen LogP) is 5.31. The number of carbonyl (C=O) groups is 1. The second kappa shape index (κ2) is 9.84. The Morgan fingerprint density at radius 2 is 1.79 bits per heavy atom. The van der Waals surface area contributed by atoms with E-state index in [-0.39, 0.29) is 11.8 Å². The Labute approximate surface area is 194 Å². The van der Waals surface area contributed by atoms with Crippen LogP contribution in [0, 0.1) is 5.92 Å². The van der Waals surface area contributed by atoms with Crippen LogP contribution in [0.5, 0.6) is 0 Å². The number of aromatic nitrogens is 1. The van der Waals surface area contributed by atoms with Crippen LogP contribution in [0.4, 0.5) is 11.4 Å². The number of para-hydroxylation sites is 3. The van der Waals surface area contributed by atoms with E-state index in [1.807, 2.05) is 71.8 Å². The third-order valence-electron chi connectivity index (χ3n) is 6.06. The number of carbonyl (C=O) groups excluding carboxylic acids is 1. The van der Waals surface area contributed by atoms with Gasteiger partial charge in [0, 0.05) is 36.3 Å². The number of anilines is 2. The lowest BCUT2D eigenvalue weighted by atomic mass is 9.97. The van der Waals surface area contributed by atoms with Crippen LogP contribution in [0.15, 0.2) is 91.1 Å². The minimum absolute atomic E-state index is 0.0283. The Hall–Kier alpha value is -3.70. The van der Waals surface area contributed by atoms with Crippen LogP contribution in [0.2, 0.25) is 0 Å². The van der Waals surface area contributed by atoms with E-state index >= 15 is 0 Å². The number of nitrogens with one attached hydrogen (secondary N) is 1. The SMILES string of the molecule is O=C(c1ccccc1Nc1ccccc1)N1CCOCC(Cc2cccc3cccnc23)C1. The van der Waals surface area contributed by atoms with Crippen molar-refractivity contribution in [2.75, 3.05) is 31.6 Å². The number of fused-ring (bicyclic) bond motifs is 1. The van der Waals surface area contributed by atoms with Crippen molar-refractivity contribution >= 4 is 28.2 Å². The Bertz CT molecular complexity index is 1240. The largest absolute Gasteiger partial charge is 0.379 e. The number of amides is 1. The van der Waals surface area contributed by atoms with Crippen molar-refractivity contribution in [3.63, 3.8) is 0 Å². The topological polar surface area (TPSA) is 54.5 Å². The average molecular weight is 438 g/mol. The molecule has 1 aromatic heterocycles. The Morgan fingerprint density at radius 3 is 2.70 bits per heavy atom. The normalized spacial score (nSPS) is 16.4. The standard InChI is InChI=1S/C28H27N3O2/c32-28(25-13-4-5-14-26(25)30-24-11-2-1-3-12-24)31-16-17-33-20-21(19-31)18-23-9-6-8-22-10-7-15-29-27(22)23/h1-15,21,30H,16-20H2. The number of hydrogen-bond donors (Lipinski definition) is 1. The highest BCUT2D eigenvalue weighted by atomic mass is 16.5. The maximum Gasteiger partial charge on any atom is 0.256 e. The van der Waals surface area contributed by atoms with Crippen molar-refractivity contribution in [2.24, 2.45) is 5.92 Å². The molecule has 3 aromatic carbocycles. The number of pyridine rings is 1. The molecule has 5 nitrogen and oxygen atoms in total. The van der Waals surface area contributed by atoms with Gasteiger partial charge in [-0.05, 0) is 42.3 Å². The fourth-order valence-corrected chi connectivity index (χ4v) is 4.46. The van der Waals surface area contributed by atoms with Crippen LogP contribution in [0.3, 0.4) is 0 Å². The first-order valence-corrected chi connectivity index (χ1v) is 11.4. The summed E-state index contributed by atoms with van der Waals surface area (Å²) in [6.45, 7) is 2.42. The molecule has 166 valence electrons. The van der Waals surface area contributed by atoms with Gasteiger partial charge in [0.2, 0.25) is 0 Å². The van der Waals surface area contributed by atoms with Gasteiger partial charge < -0.3 is 15.0 Å². The van der Waals surface area contributed by atoms with Crippen LogP contribution in [-0.4, -0.2) is 42.1 Å². The third-order valence-corrected chi connectivity index (χ3v) is 6.06. The van der Waals surface area contributed by atoms with Gasteiger partial charge in [0.1, 0.15) is 0 Å². The van der Waals surface area contributed by atoms with Gasteiger partial charge in [0.25, 0.3) is 5.91 Å². The highest BCUT2D eigenvalue weighted by Gasteiger charge is 2.25. The number of benzene rings is 3. The maximum absolute atomic E-state index is 13.6. The molecular weight excluding hydrogens is 410 g/mol. The Balaban J connectivity index is 1.36. The summed E-state index contributed by atoms with van der Waals surface area (Å²) in [7, 11) is 0. The first-order valence-electron chi connectivity index (χ1n) is 11.4. The van der Waals surface area contributed by atoms with Crippen molar-refractivity contribution in [3.8, 4) is 0 Å². The molecule has 0 bridgehead atoms. The number of rotatable bonds is 5. The molecule has 1 unspecified atom stereocenters. The molecule has 0 aliphatic carbocycles. The molecule has 4 aromatic rings. The van der Waals surface area contributed by atoms with E-state index < -0.39 is 0 Å². The lowest BCUT2D eigenvalue weighted by molar-refractivity contribution is 0.0738. The quantitative estimate of drug-likeness (QED) is 0.460. The van der Waals surface area contributed by atoms with E-state index in [1.54, 1.807) is 0 Å². The van der Waals surface area contributed by atoms with Crippen LogP contribution < -0.4 is 5.32 Å². The van der Waals surface area contributed by atoms with Crippen LogP contribution in [0.25, 0.3) is 10.9 Å². The van der Waals surface area contributed by atoms with E-state index in [9.17, 15) is 4.79 Å². The van der Waals surface area contributed by atoms with E-state index in [0.29, 0.717) is 31.9 Å². The van der Waals surface area contributed by atoms with Gasteiger partial charge in [-0.3, -0.25) is 9.78 Å². The molecule has 1 aliphatic heterocycles. The Kier molecular flexibility index (Phi) is 6.31. The van der Waals surface area contributed by atoms with Gasteiger partial charge in [-0.15, -0.1) is 0 Å². The summed E-state index contributed by atoms with van der Waals surface area (Å²) < 4.78 is 5.90. The molecule has 5 heteroatoms. The van der Waals surface area contributed by atoms with Gasteiger partial charge in [0.05, 0.1) is 30.0 Å². The first-order chi connectivity index (χ1) is 16.3. The molecule has 2 heterocycles. The van der Waals surface area contributed by atoms with Crippen LogP contribution in [-0.2, 0) is 11.2 Å². The van der Waals surface area contributed by atoms with E-state index in [0.717, 1.165) is 28.7 Å². The van der Waals surface area contributed by atoms with E-state index in [2.05, 4.69) is 34.6 Å². The summed E-state index contributed by atoms with van der Waals surface area (Å²) in [4.78, 5) is 20.1. The maximum atomic E-state index is 13.6. The highest BCUT2D eigenvalue weighted by Crippen LogP contribution is 2.25. The lowest BCUT2D eigenvalue weighted by Crippen LogP contribution is -2.36. The number of hydrogen-bond acceptors (Lipinski definition) is 4. The van der Waals surface area contributed by atoms with E-state index in [1.165, 1.54) is 5.56 Å². The molecule has 0 saturated carbocycles. The summed E-state index contributed by atoms with van der Waals surface area (Å²) in [6, 6.07) is 28.0. The first kappa shape index (κ1) is 21.2. The van der Waals surface area contributed by atoms with Crippen molar-refractivity contribution < 1.29 is 9.53 Å². The van der Waals surface area contributed by atoms with Crippen molar-refractivity contribution in [1.82, 2.24) is 9.88 Å². The second-order valence-electron chi connectivity index (χ2n) is 8.43. The molecule has 1 amide bonds. The van der Waals surface area contributed by atoms with Gasteiger partial charge in [0.15, 0.2) is 0 Å². The van der Waals surface area contributed by atoms with Crippen LogP contribution in [0.1, 0.15) is 15.9 Å². The average Bonchev–Trinajstić information content (AvgIpc) is 3.10. The highest BCUT2D eigenvalue weighted by molar-refractivity contribution is 6.00. The minimum Gasteiger partial charge on any atom is -0.379 e. The fourth-order valence-electron chi connectivity index (χ4n) is 4.46. The second-order valence-corrected chi connectivity index (χ2v) is 8.43.